The van der Waals surface area contributed by atoms with Crippen LogP contribution in [0.5, 0.6) is 17.2 Å². The lowest BCUT2D eigenvalue weighted by Gasteiger charge is -2.48. The topological polar surface area (TPSA) is 382 Å². The van der Waals surface area contributed by atoms with E-state index in [1.807, 2.05) is 0 Å². The van der Waals surface area contributed by atoms with Crippen LogP contribution < -0.4 is 14.9 Å². The van der Waals surface area contributed by atoms with E-state index >= 15 is 0 Å². The predicted molar refractivity (Wildman–Crippen MR) is 217 cm³/mol. The van der Waals surface area contributed by atoms with E-state index < -0.39 is 160 Å². The van der Waals surface area contributed by atoms with Crippen molar-refractivity contribution >= 4 is 16.9 Å². The number of carbonyl (C=O) groups excluding carboxylic acids is 1. The van der Waals surface area contributed by atoms with Crippen LogP contribution >= 0.6 is 0 Å². The molecule has 20 atom stereocenters. The second-order valence-corrected chi connectivity index (χ2v) is 16.4. The second-order valence-electron chi connectivity index (χ2n) is 16.4. The van der Waals surface area contributed by atoms with Gasteiger partial charge in [-0.3, -0.25) is 9.59 Å². The summed E-state index contributed by atoms with van der Waals surface area (Å²) in [6, 6.07) is 9.81. The standard InChI is InChI=1S/C42H54O25/c1-14-27(47)31(51)35(55)39(60-14)59-13-25-30(50)33(53)37(41(64-25)61-18-8-19(45)26-20(46)10-21(62-22(26)9-18)16-4-6-17(57-3)7-5-16)67-42-38(34(54)29(49)24(65-42)12-58-15(2)44)66-40-36(56)32(52)28(48)23(11-43)63-40/h4-10,14,23-25,27-43,45,47-56H,11-13H2,1-3H3/t14-,23+,24+,25+,27-,28+,29+,30+,31+,32-,33-,34-,35+,36+,37+,38+,39+,40-,41+,42-/m0/s1. The highest BCUT2D eigenvalue weighted by Gasteiger charge is 2.55. The third-order valence-corrected chi connectivity index (χ3v) is 11.8. The molecule has 7 rings (SSSR count). The zero-order chi connectivity index (χ0) is 48.6. The fourth-order valence-corrected chi connectivity index (χ4v) is 7.95. The summed E-state index contributed by atoms with van der Waals surface area (Å²) in [6.07, 6.45) is -36.2. The molecule has 4 saturated heterocycles. The monoisotopic (exact) mass is 958 g/mol. The normalized spacial score (nSPS) is 39.2. The minimum absolute atomic E-state index is 0.0746. The summed E-state index contributed by atoms with van der Waals surface area (Å²) >= 11 is 0. The van der Waals surface area contributed by atoms with Gasteiger partial charge in [0.1, 0.15) is 126 Å². The number of ether oxygens (including phenoxy) is 10. The Kier molecular flexibility index (Phi) is 16.0. The molecule has 1 aromatic heterocycles. The van der Waals surface area contributed by atoms with E-state index in [-0.39, 0.29) is 22.5 Å². The first-order valence-electron chi connectivity index (χ1n) is 21.0. The van der Waals surface area contributed by atoms with Crippen molar-refractivity contribution in [2.45, 2.75) is 137 Å². The molecule has 0 spiro atoms. The smallest absolute Gasteiger partial charge is 0.302 e. The van der Waals surface area contributed by atoms with Gasteiger partial charge in [-0.05, 0) is 31.2 Å². The number of benzene rings is 2. The van der Waals surface area contributed by atoms with Gasteiger partial charge in [0.2, 0.25) is 6.29 Å². The maximum Gasteiger partial charge on any atom is 0.302 e. The Hall–Kier alpha value is -4.20. The van der Waals surface area contributed by atoms with Crippen molar-refractivity contribution in [1.82, 2.24) is 0 Å². The van der Waals surface area contributed by atoms with Crippen LogP contribution in [-0.4, -0.2) is 217 Å². The number of methoxy groups -OCH3 is 1. The molecular weight excluding hydrogens is 904 g/mol. The number of hydrogen-bond acceptors (Lipinski definition) is 25. The summed E-state index contributed by atoms with van der Waals surface area (Å²) in [7, 11) is 1.47. The third kappa shape index (κ3) is 10.7. The van der Waals surface area contributed by atoms with Gasteiger partial charge in [0, 0.05) is 30.7 Å². The lowest BCUT2D eigenvalue weighted by Crippen LogP contribution is -2.67. The van der Waals surface area contributed by atoms with Crippen LogP contribution in [0.1, 0.15) is 13.8 Å². The molecule has 372 valence electrons. The largest absolute Gasteiger partial charge is 0.507 e. The van der Waals surface area contributed by atoms with Crippen molar-refractivity contribution in [3.63, 3.8) is 0 Å². The van der Waals surface area contributed by atoms with Crippen LogP contribution in [0.25, 0.3) is 22.3 Å². The van der Waals surface area contributed by atoms with E-state index in [1.165, 1.54) is 20.1 Å². The first-order valence-corrected chi connectivity index (χ1v) is 21.0. The van der Waals surface area contributed by atoms with Crippen molar-refractivity contribution in [1.29, 1.82) is 0 Å². The fraction of sp³-hybridized carbons (Fsp3) is 0.619. The van der Waals surface area contributed by atoms with Crippen LogP contribution in [-0.2, 0) is 42.7 Å². The predicted octanol–water partition coefficient (Wildman–Crippen LogP) is -4.58. The number of fused-ring (bicyclic) bond motifs is 1. The van der Waals surface area contributed by atoms with Gasteiger partial charge in [-0.2, -0.15) is 0 Å². The zero-order valence-corrected chi connectivity index (χ0v) is 35.9. The molecule has 0 radical (unpaired) electrons. The van der Waals surface area contributed by atoms with Gasteiger partial charge in [-0.15, -0.1) is 0 Å². The van der Waals surface area contributed by atoms with Gasteiger partial charge in [0.05, 0.1) is 26.4 Å². The highest BCUT2D eigenvalue weighted by Crippen LogP contribution is 2.37. The molecule has 0 bridgehead atoms. The average molecular weight is 959 g/mol. The van der Waals surface area contributed by atoms with Gasteiger partial charge in [-0.25, -0.2) is 0 Å². The molecule has 25 heteroatoms. The molecular formula is C42H54O25. The molecule has 4 aliphatic heterocycles. The van der Waals surface area contributed by atoms with Crippen LogP contribution in [0.4, 0.5) is 0 Å². The number of phenolic OH excluding ortho intramolecular Hbond substituents is 1. The summed E-state index contributed by atoms with van der Waals surface area (Å²) in [5.41, 5.74) is -0.398. The molecule has 25 nitrogen and oxygen atoms in total. The van der Waals surface area contributed by atoms with Crippen LogP contribution in [0.15, 0.2) is 51.7 Å². The Labute approximate surface area is 379 Å². The first kappa shape index (κ1) is 50.7. The second kappa shape index (κ2) is 21.2. The van der Waals surface area contributed by atoms with Crippen molar-refractivity contribution in [3.8, 4) is 28.6 Å². The number of aliphatic hydroxyl groups is 11. The van der Waals surface area contributed by atoms with Crippen molar-refractivity contribution in [2.24, 2.45) is 0 Å². The minimum Gasteiger partial charge on any atom is -0.507 e. The number of esters is 1. The van der Waals surface area contributed by atoms with Crippen LogP contribution in [0.2, 0.25) is 0 Å². The molecule has 0 saturated carbocycles. The summed E-state index contributed by atoms with van der Waals surface area (Å²) in [5.74, 6) is -1.17. The summed E-state index contributed by atoms with van der Waals surface area (Å²) < 4.78 is 62.8. The maximum absolute atomic E-state index is 13.3. The van der Waals surface area contributed by atoms with Gasteiger partial charge in [-0.1, -0.05) is 0 Å². The van der Waals surface area contributed by atoms with Crippen molar-refractivity contribution in [2.75, 3.05) is 26.9 Å². The average Bonchev–Trinajstić information content (AvgIpc) is 3.30. The number of hydrogen-bond donors (Lipinski definition) is 12. The quantitative estimate of drug-likeness (QED) is 0.0677. The summed E-state index contributed by atoms with van der Waals surface area (Å²) in [4.78, 5) is 25.1. The Balaban J connectivity index is 1.23. The lowest BCUT2D eigenvalue weighted by atomic mass is 9.96. The summed E-state index contributed by atoms with van der Waals surface area (Å²) in [5, 5.41) is 129. The number of aromatic hydroxyl groups is 1. The molecule has 4 aliphatic rings. The van der Waals surface area contributed by atoms with Gasteiger partial charge >= 0.3 is 5.97 Å². The molecule has 0 unspecified atom stereocenters. The van der Waals surface area contributed by atoms with Crippen LogP contribution in [0.3, 0.4) is 0 Å². The van der Waals surface area contributed by atoms with Crippen molar-refractivity contribution < 1.29 is 118 Å². The molecule has 0 aliphatic carbocycles. The number of carbonyl (C=O) groups is 1. The van der Waals surface area contributed by atoms with E-state index in [1.54, 1.807) is 24.3 Å². The summed E-state index contributed by atoms with van der Waals surface area (Å²) in [6.45, 7) is 0.174. The van der Waals surface area contributed by atoms with E-state index in [0.717, 1.165) is 19.1 Å². The Morgan fingerprint density at radius 2 is 1.19 bits per heavy atom. The van der Waals surface area contributed by atoms with E-state index in [0.29, 0.717) is 11.3 Å². The molecule has 0 amide bonds. The van der Waals surface area contributed by atoms with Crippen molar-refractivity contribution in [3.05, 3.63) is 52.7 Å². The lowest BCUT2D eigenvalue weighted by molar-refractivity contribution is -0.390. The highest BCUT2D eigenvalue weighted by molar-refractivity contribution is 5.86. The van der Waals surface area contributed by atoms with E-state index in [9.17, 15) is 70.9 Å². The highest BCUT2D eigenvalue weighted by atomic mass is 16.8. The first-order chi connectivity index (χ1) is 31.8. The molecule has 5 heterocycles. The fourth-order valence-electron chi connectivity index (χ4n) is 7.95. The minimum atomic E-state index is -2.11. The molecule has 2 aromatic carbocycles. The number of phenols is 1. The van der Waals surface area contributed by atoms with Gasteiger partial charge in [0.15, 0.2) is 30.4 Å². The Morgan fingerprint density at radius 3 is 1.84 bits per heavy atom. The third-order valence-electron chi connectivity index (χ3n) is 11.8. The number of aliphatic hydroxyl groups excluding tert-OH is 11. The number of rotatable bonds is 14. The van der Waals surface area contributed by atoms with Gasteiger partial charge < -0.3 is 113 Å². The molecule has 67 heavy (non-hydrogen) atoms. The maximum atomic E-state index is 13.3. The Bertz CT molecular complexity index is 2190. The van der Waals surface area contributed by atoms with Crippen LogP contribution in [0, 0.1) is 0 Å². The zero-order valence-electron chi connectivity index (χ0n) is 35.9. The Morgan fingerprint density at radius 1 is 0.627 bits per heavy atom. The van der Waals surface area contributed by atoms with E-state index in [2.05, 4.69) is 0 Å². The van der Waals surface area contributed by atoms with E-state index in [4.69, 9.17) is 51.8 Å². The SMILES string of the molecule is COc1ccc(-c2cc(=O)c3c(O)cc(O[C@@H]4O[C@H](CO[C@@H]5O[C@@H](C)[C@H](O)[C@@H](O)[C@H]5O)[C@@H](O)[C@H](O)[C@H]4O[C@@H]4O[C@H](COC(C)=O)[C@@H](O)[C@H](O)[C@H]4O[C@@H]4O[C@H](CO)[C@@H](O)[C@H](O)[C@H]4O)cc3o2)cc1. The van der Waals surface area contributed by atoms with Gasteiger partial charge in [0.25, 0.3) is 0 Å². The molecule has 12 N–H and O–H groups in total. The molecule has 4 fully saturated rings. The molecule has 3 aromatic rings.